The van der Waals surface area contributed by atoms with E-state index >= 15 is 0 Å². The number of carbonyl (C=O) groups excluding carboxylic acids is 2. The second-order valence-electron chi connectivity index (χ2n) is 5.61. The third-order valence-corrected chi connectivity index (χ3v) is 5.12. The molecule has 0 spiro atoms. The zero-order valence-corrected chi connectivity index (χ0v) is 15.3. The van der Waals surface area contributed by atoms with Gasteiger partial charge in [0.05, 0.1) is 11.4 Å². The monoisotopic (exact) mass is 370 g/mol. The normalized spacial score (nSPS) is 15.9. The highest BCUT2D eigenvalue weighted by Gasteiger charge is 2.34. The Hall–Kier alpha value is -2.42. The molecule has 4 nitrogen and oxygen atoms in total. The summed E-state index contributed by atoms with van der Waals surface area (Å²) in [7, 11) is 0. The fraction of sp³-hybridized carbons (Fsp3) is 0.158. The Morgan fingerprint density at radius 1 is 1.24 bits per heavy atom. The number of rotatable bonds is 3. The SMILES string of the molecule is C#CCN1C(=O)S/C(=C\c2cc(C)n(-c3ccc(Cl)cc3)c2C)C1=O. The van der Waals surface area contributed by atoms with Crippen molar-refractivity contribution >= 4 is 40.6 Å². The number of terminal acetylenes is 1. The predicted octanol–water partition coefficient (Wildman–Crippen LogP) is 4.42. The molecule has 0 atom stereocenters. The van der Waals surface area contributed by atoms with Crippen LogP contribution in [-0.2, 0) is 4.79 Å². The minimum atomic E-state index is -0.343. The van der Waals surface area contributed by atoms with Crippen molar-refractivity contribution in [2.75, 3.05) is 6.54 Å². The minimum absolute atomic E-state index is 0.00813. The van der Waals surface area contributed by atoms with E-state index in [-0.39, 0.29) is 17.7 Å². The van der Waals surface area contributed by atoms with Crippen LogP contribution in [0.15, 0.2) is 35.2 Å². The third kappa shape index (κ3) is 3.23. The van der Waals surface area contributed by atoms with E-state index in [9.17, 15) is 9.59 Å². The second-order valence-corrected chi connectivity index (χ2v) is 7.04. The topological polar surface area (TPSA) is 42.3 Å². The summed E-state index contributed by atoms with van der Waals surface area (Å²) in [6.07, 6.45) is 6.96. The summed E-state index contributed by atoms with van der Waals surface area (Å²) in [5.74, 6) is 1.99. The van der Waals surface area contributed by atoms with Crippen LogP contribution in [0.3, 0.4) is 0 Å². The van der Waals surface area contributed by atoms with Crippen molar-refractivity contribution < 1.29 is 9.59 Å². The van der Waals surface area contributed by atoms with Crippen molar-refractivity contribution in [1.82, 2.24) is 9.47 Å². The highest BCUT2D eigenvalue weighted by molar-refractivity contribution is 8.18. The van der Waals surface area contributed by atoms with Crippen LogP contribution in [-0.4, -0.2) is 27.2 Å². The van der Waals surface area contributed by atoms with Gasteiger partial charge in [-0.15, -0.1) is 6.42 Å². The first-order chi connectivity index (χ1) is 11.9. The van der Waals surface area contributed by atoms with E-state index in [1.54, 1.807) is 6.08 Å². The maximum absolute atomic E-state index is 12.3. The lowest BCUT2D eigenvalue weighted by atomic mass is 10.2. The average Bonchev–Trinajstić information content (AvgIpc) is 3.00. The fourth-order valence-corrected chi connectivity index (χ4v) is 3.75. The Morgan fingerprint density at radius 2 is 1.92 bits per heavy atom. The summed E-state index contributed by atoms with van der Waals surface area (Å²) >= 11 is 6.87. The largest absolute Gasteiger partial charge is 0.318 e. The first-order valence-electron chi connectivity index (χ1n) is 7.56. The van der Waals surface area contributed by atoms with E-state index in [4.69, 9.17) is 18.0 Å². The van der Waals surface area contributed by atoms with Gasteiger partial charge in [0.1, 0.15) is 0 Å². The molecule has 2 amide bonds. The fourth-order valence-electron chi connectivity index (χ4n) is 2.79. The van der Waals surface area contributed by atoms with Gasteiger partial charge in [0.2, 0.25) is 0 Å². The lowest BCUT2D eigenvalue weighted by Crippen LogP contribution is -2.28. The third-order valence-electron chi connectivity index (χ3n) is 3.96. The zero-order chi connectivity index (χ0) is 18.1. The van der Waals surface area contributed by atoms with Crippen molar-refractivity contribution in [3.8, 4) is 18.0 Å². The standard InChI is InChI=1S/C19H15ClN2O2S/c1-4-9-21-18(23)17(25-19(21)24)11-14-10-12(2)22(13(14)3)16-7-5-15(20)6-8-16/h1,5-8,10-11H,9H2,2-3H3/b17-11-. The molecule has 1 fully saturated rings. The van der Waals surface area contributed by atoms with E-state index in [2.05, 4.69) is 10.5 Å². The van der Waals surface area contributed by atoms with Gasteiger partial charge in [-0.2, -0.15) is 0 Å². The van der Waals surface area contributed by atoms with Gasteiger partial charge in [-0.25, -0.2) is 0 Å². The molecular weight excluding hydrogens is 356 g/mol. The average molecular weight is 371 g/mol. The summed E-state index contributed by atoms with van der Waals surface area (Å²) in [4.78, 5) is 25.7. The number of aromatic nitrogens is 1. The van der Waals surface area contributed by atoms with Gasteiger partial charge < -0.3 is 4.57 Å². The number of imide groups is 1. The lowest BCUT2D eigenvalue weighted by Gasteiger charge is -2.09. The van der Waals surface area contributed by atoms with Gasteiger partial charge in [-0.1, -0.05) is 17.5 Å². The van der Waals surface area contributed by atoms with Gasteiger partial charge in [0, 0.05) is 22.1 Å². The molecule has 0 aliphatic carbocycles. The highest BCUT2D eigenvalue weighted by Crippen LogP contribution is 2.33. The molecule has 2 heterocycles. The molecule has 1 aromatic carbocycles. The van der Waals surface area contributed by atoms with E-state index in [1.807, 2.05) is 44.2 Å². The number of halogens is 1. The van der Waals surface area contributed by atoms with Gasteiger partial charge >= 0.3 is 0 Å². The lowest BCUT2D eigenvalue weighted by molar-refractivity contribution is -0.122. The van der Waals surface area contributed by atoms with Crippen LogP contribution >= 0.6 is 23.4 Å². The molecule has 0 unspecified atom stereocenters. The molecule has 1 aliphatic heterocycles. The van der Waals surface area contributed by atoms with Crippen molar-refractivity contribution in [2.24, 2.45) is 0 Å². The predicted molar refractivity (Wildman–Crippen MR) is 102 cm³/mol. The Kier molecular flexibility index (Phi) is 4.76. The number of benzene rings is 1. The molecule has 0 bridgehead atoms. The highest BCUT2D eigenvalue weighted by atomic mass is 35.5. The molecule has 3 rings (SSSR count). The van der Waals surface area contributed by atoms with Gasteiger partial charge in [-0.3, -0.25) is 14.5 Å². The Balaban J connectivity index is 1.99. The summed E-state index contributed by atoms with van der Waals surface area (Å²) in [5, 5.41) is 0.342. The van der Waals surface area contributed by atoms with Crippen molar-refractivity contribution in [1.29, 1.82) is 0 Å². The molecule has 0 N–H and O–H groups in total. The van der Waals surface area contributed by atoms with Crippen LogP contribution < -0.4 is 0 Å². The number of aryl methyl sites for hydroxylation is 1. The van der Waals surface area contributed by atoms with E-state index in [0.717, 1.165) is 39.3 Å². The summed E-state index contributed by atoms with van der Waals surface area (Å²) < 4.78 is 2.08. The van der Waals surface area contributed by atoms with E-state index in [1.165, 1.54) is 0 Å². The quantitative estimate of drug-likeness (QED) is 0.593. The molecule has 6 heteroatoms. The van der Waals surface area contributed by atoms with Crippen LogP contribution in [0.1, 0.15) is 17.0 Å². The number of hydrogen-bond donors (Lipinski definition) is 0. The molecule has 0 radical (unpaired) electrons. The molecule has 0 saturated carbocycles. The van der Waals surface area contributed by atoms with E-state index in [0.29, 0.717) is 9.93 Å². The van der Waals surface area contributed by atoms with Crippen molar-refractivity contribution in [2.45, 2.75) is 13.8 Å². The first-order valence-corrected chi connectivity index (χ1v) is 8.75. The van der Waals surface area contributed by atoms with Crippen molar-refractivity contribution in [3.05, 3.63) is 57.2 Å². The van der Waals surface area contributed by atoms with Gasteiger partial charge in [-0.05, 0) is 67.6 Å². The molecule has 1 saturated heterocycles. The Bertz CT molecular complexity index is 936. The van der Waals surface area contributed by atoms with Crippen LogP contribution in [0, 0.1) is 26.2 Å². The van der Waals surface area contributed by atoms with Crippen LogP contribution in [0.25, 0.3) is 11.8 Å². The molecule has 25 heavy (non-hydrogen) atoms. The van der Waals surface area contributed by atoms with Crippen LogP contribution in [0.5, 0.6) is 0 Å². The van der Waals surface area contributed by atoms with Gasteiger partial charge in [0.25, 0.3) is 11.1 Å². The summed E-state index contributed by atoms with van der Waals surface area (Å²) in [6.45, 7) is 3.95. The Morgan fingerprint density at radius 3 is 2.56 bits per heavy atom. The first kappa shape index (κ1) is 17.4. The maximum Gasteiger partial charge on any atom is 0.294 e. The molecule has 1 aliphatic rings. The molecule has 2 aromatic rings. The van der Waals surface area contributed by atoms with Gasteiger partial charge in [0.15, 0.2) is 0 Å². The van der Waals surface area contributed by atoms with Crippen LogP contribution in [0.2, 0.25) is 5.02 Å². The smallest absolute Gasteiger partial charge is 0.294 e. The number of thioether (sulfide) groups is 1. The minimum Gasteiger partial charge on any atom is -0.318 e. The van der Waals surface area contributed by atoms with Crippen LogP contribution in [0.4, 0.5) is 4.79 Å². The molecular formula is C19H15ClN2O2S. The summed E-state index contributed by atoms with van der Waals surface area (Å²) in [6, 6.07) is 9.53. The van der Waals surface area contributed by atoms with Crippen molar-refractivity contribution in [3.63, 3.8) is 0 Å². The molecule has 126 valence electrons. The summed E-state index contributed by atoms with van der Waals surface area (Å²) in [5.41, 5.74) is 3.87. The zero-order valence-electron chi connectivity index (χ0n) is 13.7. The second kappa shape index (κ2) is 6.83. The number of nitrogens with zero attached hydrogens (tertiary/aromatic N) is 2. The molecule has 1 aromatic heterocycles. The Labute approximate surface area is 155 Å². The maximum atomic E-state index is 12.3. The van der Waals surface area contributed by atoms with E-state index < -0.39 is 0 Å². The number of carbonyl (C=O) groups is 2. The number of hydrogen-bond acceptors (Lipinski definition) is 3. The number of amides is 2.